The fourth-order valence-corrected chi connectivity index (χ4v) is 2.63. The topological polar surface area (TPSA) is 46.0 Å². The molecule has 3 nitrogen and oxygen atoms in total. The second-order valence-electron chi connectivity index (χ2n) is 3.89. The summed E-state index contributed by atoms with van der Waals surface area (Å²) in [5, 5.41) is 14.5. The summed E-state index contributed by atoms with van der Waals surface area (Å²) in [4.78, 5) is 0.692. The zero-order chi connectivity index (χ0) is 13.1. The quantitative estimate of drug-likeness (QED) is 0.939. The molecule has 1 atom stereocenters. The molecule has 0 aliphatic heterocycles. The number of rotatable bonds is 4. The Balaban J connectivity index is 2.21. The third-order valence-electron chi connectivity index (χ3n) is 2.64. The van der Waals surface area contributed by atoms with Gasteiger partial charge in [-0.3, -0.25) is 0 Å². The van der Waals surface area contributed by atoms with Crippen molar-refractivity contribution in [2.75, 3.05) is 0 Å². The number of benzene rings is 1. The van der Waals surface area contributed by atoms with E-state index in [0.717, 1.165) is 17.2 Å². The molecule has 0 bridgehead atoms. The standard InChI is InChI=1S/C12H12ClFN2OS/c1-2-10-12(18-16-15-10)11(17)6-7-5-8(13)3-4-9(7)14/h3-5,11,17H,2,6H2,1H3. The molecule has 0 spiro atoms. The van der Waals surface area contributed by atoms with Gasteiger partial charge in [-0.05, 0) is 41.7 Å². The molecule has 2 rings (SSSR count). The molecule has 1 N–H and O–H groups in total. The number of hydrogen-bond acceptors (Lipinski definition) is 4. The predicted molar refractivity (Wildman–Crippen MR) is 69.4 cm³/mol. The van der Waals surface area contributed by atoms with Gasteiger partial charge in [0.05, 0.1) is 16.7 Å². The first-order valence-electron chi connectivity index (χ1n) is 5.55. The largest absolute Gasteiger partial charge is 0.387 e. The Hall–Kier alpha value is -1.04. The van der Waals surface area contributed by atoms with Crippen LogP contribution in [0.3, 0.4) is 0 Å². The Bertz CT molecular complexity index is 547. The molecule has 0 saturated heterocycles. The van der Waals surface area contributed by atoms with Crippen molar-refractivity contribution >= 4 is 23.1 Å². The molecule has 1 unspecified atom stereocenters. The van der Waals surface area contributed by atoms with Crippen LogP contribution in [0.2, 0.25) is 5.02 Å². The average molecular weight is 287 g/mol. The molecule has 0 radical (unpaired) electrons. The molecule has 0 aliphatic carbocycles. The Labute approximate surface area is 113 Å². The number of hydrogen-bond donors (Lipinski definition) is 1. The SMILES string of the molecule is CCc1nnsc1C(O)Cc1cc(Cl)ccc1F. The van der Waals surface area contributed by atoms with Crippen molar-refractivity contribution < 1.29 is 9.50 Å². The summed E-state index contributed by atoms with van der Waals surface area (Å²) in [5.41, 5.74) is 1.15. The molecule has 1 heterocycles. The molecule has 18 heavy (non-hydrogen) atoms. The van der Waals surface area contributed by atoms with E-state index in [1.807, 2.05) is 6.92 Å². The molecule has 0 saturated carbocycles. The van der Waals surface area contributed by atoms with E-state index in [1.54, 1.807) is 0 Å². The average Bonchev–Trinajstić information content (AvgIpc) is 2.82. The number of aromatic nitrogens is 2. The summed E-state index contributed by atoms with van der Waals surface area (Å²) < 4.78 is 17.4. The van der Waals surface area contributed by atoms with Gasteiger partial charge in [0.1, 0.15) is 5.82 Å². The number of halogens is 2. The molecular formula is C12H12ClFN2OS. The van der Waals surface area contributed by atoms with Crippen LogP contribution < -0.4 is 0 Å². The fourth-order valence-electron chi connectivity index (χ4n) is 1.71. The van der Waals surface area contributed by atoms with Gasteiger partial charge in [-0.2, -0.15) is 0 Å². The summed E-state index contributed by atoms with van der Waals surface area (Å²) in [6.45, 7) is 1.94. The summed E-state index contributed by atoms with van der Waals surface area (Å²) in [5.74, 6) is -0.367. The van der Waals surface area contributed by atoms with Crippen LogP contribution >= 0.6 is 23.1 Å². The Morgan fingerprint density at radius 3 is 3.00 bits per heavy atom. The summed E-state index contributed by atoms with van der Waals surface area (Å²) >= 11 is 6.96. The first-order valence-corrected chi connectivity index (χ1v) is 6.70. The zero-order valence-corrected chi connectivity index (χ0v) is 11.3. The van der Waals surface area contributed by atoms with Crippen molar-refractivity contribution in [1.82, 2.24) is 9.59 Å². The molecule has 0 aliphatic rings. The minimum Gasteiger partial charge on any atom is -0.387 e. The zero-order valence-electron chi connectivity index (χ0n) is 9.73. The van der Waals surface area contributed by atoms with Gasteiger partial charge in [-0.15, -0.1) is 5.10 Å². The van der Waals surface area contributed by atoms with Gasteiger partial charge in [0.15, 0.2) is 0 Å². The van der Waals surface area contributed by atoms with E-state index in [0.29, 0.717) is 21.9 Å². The van der Waals surface area contributed by atoms with E-state index in [9.17, 15) is 9.50 Å². The predicted octanol–water partition coefficient (Wildman–Crippen LogP) is 3.17. The van der Waals surface area contributed by atoms with Crippen molar-refractivity contribution in [2.45, 2.75) is 25.9 Å². The number of nitrogens with zero attached hydrogens (tertiary/aromatic N) is 2. The minimum absolute atomic E-state index is 0.170. The Morgan fingerprint density at radius 2 is 2.28 bits per heavy atom. The lowest BCUT2D eigenvalue weighted by Crippen LogP contribution is -2.04. The minimum atomic E-state index is -0.798. The molecular weight excluding hydrogens is 275 g/mol. The van der Waals surface area contributed by atoms with Gasteiger partial charge in [-0.25, -0.2) is 4.39 Å². The lowest BCUT2D eigenvalue weighted by atomic mass is 10.0. The van der Waals surface area contributed by atoms with E-state index >= 15 is 0 Å². The molecule has 2 aromatic rings. The van der Waals surface area contributed by atoms with Crippen LogP contribution in [-0.2, 0) is 12.8 Å². The maximum atomic E-state index is 13.6. The smallest absolute Gasteiger partial charge is 0.126 e. The highest BCUT2D eigenvalue weighted by molar-refractivity contribution is 7.05. The third-order valence-corrected chi connectivity index (χ3v) is 3.75. The summed E-state index contributed by atoms with van der Waals surface area (Å²) in [6.07, 6.45) is 0.0670. The van der Waals surface area contributed by atoms with Crippen molar-refractivity contribution in [3.05, 3.63) is 45.2 Å². The maximum Gasteiger partial charge on any atom is 0.126 e. The second-order valence-corrected chi connectivity index (χ2v) is 5.12. The van der Waals surface area contributed by atoms with Crippen LogP contribution in [0.1, 0.15) is 29.2 Å². The summed E-state index contributed by atoms with van der Waals surface area (Å²) in [7, 11) is 0. The first-order chi connectivity index (χ1) is 8.61. The van der Waals surface area contributed by atoms with Crippen LogP contribution in [0.25, 0.3) is 0 Å². The molecule has 1 aromatic carbocycles. The van der Waals surface area contributed by atoms with Gasteiger partial charge in [0.25, 0.3) is 0 Å². The second kappa shape index (κ2) is 5.73. The van der Waals surface area contributed by atoms with Gasteiger partial charge < -0.3 is 5.11 Å². The molecule has 1 aromatic heterocycles. The summed E-state index contributed by atoms with van der Waals surface area (Å²) in [6, 6.07) is 4.31. The lowest BCUT2D eigenvalue weighted by Gasteiger charge is -2.10. The van der Waals surface area contributed by atoms with Crippen molar-refractivity contribution in [3.8, 4) is 0 Å². The Kier molecular flexibility index (Phi) is 4.27. The number of aryl methyl sites for hydroxylation is 1. The van der Waals surface area contributed by atoms with Crippen LogP contribution in [0.15, 0.2) is 18.2 Å². The number of aliphatic hydroxyl groups excluding tert-OH is 1. The highest BCUT2D eigenvalue weighted by atomic mass is 35.5. The molecule has 6 heteroatoms. The van der Waals surface area contributed by atoms with Crippen molar-refractivity contribution in [2.24, 2.45) is 0 Å². The highest BCUT2D eigenvalue weighted by Crippen LogP contribution is 2.26. The monoisotopic (exact) mass is 286 g/mol. The van der Waals surface area contributed by atoms with Gasteiger partial charge in [0.2, 0.25) is 0 Å². The van der Waals surface area contributed by atoms with E-state index in [2.05, 4.69) is 9.59 Å². The fraction of sp³-hybridized carbons (Fsp3) is 0.333. The first kappa shape index (κ1) is 13.4. The Morgan fingerprint density at radius 1 is 1.50 bits per heavy atom. The van der Waals surface area contributed by atoms with Crippen molar-refractivity contribution in [3.63, 3.8) is 0 Å². The van der Waals surface area contributed by atoms with Gasteiger partial charge in [-0.1, -0.05) is 23.0 Å². The van der Waals surface area contributed by atoms with E-state index in [1.165, 1.54) is 18.2 Å². The van der Waals surface area contributed by atoms with Gasteiger partial charge in [0, 0.05) is 11.4 Å². The van der Waals surface area contributed by atoms with Crippen LogP contribution in [0.4, 0.5) is 4.39 Å². The van der Waals surface area contributed by atoms with Crippen LogP contribution in [0.5, 0.6) is 0 Å². The normalized spacial score (nSPS) is 12.7. The molecule has 0 amide bonds. The van der Waals surface area contributed by atoms with E-state index in [4.69, 9.17) is 11.6 Å². The van der Waals surface area contributed by atoms with Gasteiger partial charge >= 0.3 is 0 Å². The molecule has 96 valence electrons. The molecule has 0 fully saturated rings. The highest BCUT2D eigenvalue weighted by Gasteiger charge is 2.18. The van der Waals surface area contributed by atoms with Crippen LogP contribution in [0, 0.1) is 5.82 Å². The van der Waals surface area contributed by atoms with E-state index in [-0.39, 0.29) is 12.2 Å². The van der Waals surface area contributed by atoms with E-state index < -0.39 is 6.10 Å². The lowest BCUT2D eigenvalue weighted by molar-refractivity contribution is 0.179. The third kappa shape index (κ3) is 2.85. The maximum absolute atomic E-state index is 13.6. The van der Waals surface area contributed by atoms with Crippen LogP contribution in [-0.4, -0.2) is 14.7 Å². The van der Waals surface area contributed by atoms with Crippen molar-refractivity contribution in [1.29, 1.82) is 0 Å². The number of aliphatic hydroxyl groups is 1.